The normalized spacial score (nSPS) is 15.6. The van der Waals surface area contributed by atoms with Crippen molar-refractivity contribution in [2.75, 3.05) is 0 Å². The maximum atomic E-state index is 5.08. The Labute approximate surface area is 52.7 Å². The van der Waals surface area contributed by atoms with Crippen LogP contribution in [0.4, 0.5) is 0 Å². The number of aromatic nitrogens is 2. The minimum absolute atomic E-state index is 0.597. The zero-order valence-corrected chi connectivity index (χ0v) is 4.79. The molecule has 3 heteroatoms. The molecule has 0 unspecified atom stereocenters. The van der Waals surface area contributed by atoms with Gasteiger partial charge >= 0.3 is 0 Å². The second-order valence-corrected chi connectivity index (χ2v) is 1.91. The van der Waals surface area contributed by atoms with Crippen molar-refractivity contribution in [2.24, 2.45) is 0 Å². The monoisotopic (exact) mass is 121 g/mol. The van der Waals surface area contributed by atoms with E-state index in [-0.39, 0.29) is 0 Å². The van der Waals surface area contributed by atoms with Gasteiger partial charge in [0.05, 0.1) is 25.1 Å². The van der Waals surface area contributed by atoms with E-state index in [1.165, 1.54) is 0 Å². The first-order valence-electron chi connectivity index (χ1n) is 2.75. The van der Waals surface area contributed by atoms with Crippen molar-refractivity contribution in [3.05, 3.63) is 23.5 Å². The average molecular weight is 121 g/mol. The van der Waals surface area contributed by atoms with E-state index in [2.05, 4.69) is 16.3 Å². The van der Waals surface area contributed by atoms with Crippen LogP contribution < -0.4 is 0 Å². The Bertz CT molecular complexity index is 201. The highest BCUT2D eigenvalue weighted by molar-refractivity contribution is 5.16. The van der Waals surface area contributed by atoms with Crippen molar-refractivity contribution in [3.63, 3.8) is 0 Å². The number of rotatable bonds is 0. The number of fused-ring (bicyclic) bond motifs is 1. The number of ether oxygens (including phenoxy) is 1. The van der Waals surface area contributed by atoms with Gasteiger partial charge in [-0.2, -0.15) is 10.2 Å². The highest BCUT2D eigenvalue weighted by Crippen LogP contribution is 2.13. The standard InChI is InChI=1S/C6H5N2O/c1-2-7-8-6-4-9-3-5(1)6/h2H,3-4H2. The van der Waals surface area contributed by atoms with Crippen LogP contribution in [0, 0.1) is 6.07 Å². The van der Waals surface area contributed by atoms with Crippen LogP contribution in [0.1, 0.15) is 11.3 Å². The van der Waals surface area contributed by atoms with Gasteiger partial charge in [0.2, 0.25) is 0 Å². The minimum Gasteiger partial charge on any atom is -0.370 e. The van der Waals surface area contributed by atoms with E-state index in [0.717, 1.165) is 11.3 Å². The summed E-state index contributed by atoms with van der Waals surface area (Å²) in [4.78, 5) is 0. The largest absolute Gasteiger partial charge is 0.370 e. The van der Waals surface area contributed by atoms with Gasteiger partial charge in [0.25, 0.3) is 0 Å². The Morgan fingerprint density at radius 3 is 3.44 bits per heavy atom. The Morgan fingerprint density at radius 1 is 1.56 bits per heavy atom. The fourth-order valence-corrected chi connectivity index (χ4v) is 0.840. The van der Waals surface area contributed by atoms with Crippen LogP contribution in [0.15, 0.2) is 6.20 Å². The smallest absolute Gasteiger partial charge is 0.0949 e. The molecule has 0 fully saturated rings. The second kappa shape index (κ2) is 1.77. The lowest BCUT2D eigenvalue weighted by molar-refractivity contribution is 0.133. The van der Waals surface area contributed by atoms with Crippen molar-refractivity contribution < 1.29 is 4.74 Å². The molecule has 0 atom stereocenters. The molecule has 1 radical (unpaired) electrons. The third-order valence-corrected chi connectivity index (χ3v) is 1.31. The van der Waals surface area contributed by atoms with E-state index < -0.39 is 0 Å². The van der Waals surface area contributed by atoms with Crippen LogP contribution >= 0.6 is 0 Å². The highest BCUT2D eigenvalue weighted by atomic mass is 16.5. The summed E-state index contributed by atoms with van der Waals surface area (Å²) in [5.41, 5.74) is 1.97. The van der Waals surface area contributed by atoms with Crippen LogP contribution in [0.2, 0.25) is 0 Å². The predicted octanol–water partition coefficient (Wildman–Crippen LogP) is 0.307. The molecule has 0 bridgehead atoms. The van der Waals surface area contributed by atoms with E-state index in [4.69, 9.17) is 4.74 Å². The molecule has 0 saturated heterocycles. The molecule has 1 aromatic rings. The summed E-state index contributed by atoms with van der Waals surface area (Å²) in [6.45, 7) is 1.24. The lowest BCUT2D eigenvalue weighted by Gasteiger charge is -1.87. The number of hydrogen-bond donors (Lipinski definition) is 0. The molecule has 2 rings (SSSR count). The fourth-order valence-electron chi connectivity index (χ4n) is 0.840. The minimum atomic E-state index is 0.597. The highest BCUT2D eigenvalue weighted by Gasteiger charge is 2.10. The van der Waals surface area contributed by atoms with Gasteiger partial charge in [-0.05, 0) is 0 Å². The first-order chi connectivity index (χ1) is 4.47. The summed E-state index contributed by atoms with van der Waals surface area (Å²) in [6.07, 6.45) is 1.56. The Balaban J connectivity index is 2.54. The van der Waals surface area contributed by atoms with Gasteiger partial charge in [-0.1, -0.05) is 0 Å². The molecule has 1 aliphatic rings. The fraction of sp³-hybridized carbons (Fsp3) is 0.333. The van der Waals surface area contributed by atoms with E-state index in [0.29, 0.717) is 13.2 Å². The molecular formula is C6H5N2O. The number of hydrogen-bond acceptors (Lipinski definition) is 3. The van der Waals surface area contributed by atoms with Crippen LogP contribution in [0.5, 0.6) is 0 Å². The van der Waals surface area contributed by atoms with Crippen molar-refractivity contribution in [1.29, 1.82) is 0 Å². The van der Waals surface area contributed by atoms with Gasteiger partial charge in [-0.15, -0.1) is 0 Å². The zero-order chi connectivity index (χ0) is 6.10. The van der Waals surface area contributed by atoms with E-state index in [9.17, 15) is 0 Å². The van der Waals surface area contributed by atoms with Crippen LogP contribution in [-0.4, -0.2) is 10.2 Å². The molecule has 45 valence electrons. The summed E-state index contributed by atoms with van der Waals surface area (Å²) < 4.78 is 5.08. The van der Waals surface area contributed by atoms with E-state index in [1.54, 1.807) is 6.20 Å². The van der Waals surface area contributed by atoms with Crippen molar-refractivity contribution >= 4 is 0 Å². The zero-order valence-electron chi connectivity index (χ0n) is 4.79. The topological polar surface area (TPSA) is 35.0 Å². The molecule has 0 N–H and O–H groups in total. The van der Waals surface area contributed by atoms with Gasteiger partial charge in [-0.3, -0.25) is 0 Å². The van der Waals surface area contributed by atoms with Crippen LogP contribution in [0.3, 0.4) is 0 Å². The molecule has 0 saturated carbocycles. The van der Waals surface area contributed by atoms with Crippen LogP contribution in [-0.2, 0) is 18.0 Å². The molecule has 1 aromatic heterocycles. The maximum absolute atomic E-state index is 5.08. The molecule has 1 aliphatic heterocycles. The molecular weight excluding hydrogens is 116 g/mol. The summed E-state index contributed by atoms with van der Waals surface area (Å²) in [6, 6.07) is 2.95. The molecule has 0 aliphatic carbocycles. The predicted molar refractivity (Wildman–Crippen MR) is 29.4 cm³/mol. The van der Waals surface area contributed by atoms with Crippen molar-refractivity contribution in [2.45, 2.75) is 13.2 Å². The van der Waals surface area contributed by atoms with Gasteiger partial charge in [-0.25, -0.2) is 0 Å². The average Bonchev–Trinajstić information content (AvgIpc) is 2.33. The maximum Gasteiger partial charge on any atom is 0.0949 e. The van der Waals surface area contributed by atoms with Gasteiger partial charge in [0, 0.05) is 11.6 Å². The summed E-state index contributed by atoms with van der Waals surface area (Å²) in [5, 5.41) is 7.52. The molecule has 2 heterocycles. The third-order valence-electron chi connectivity index (χ3n) is 1.31. The van der Waals surface area contributed by atoms with E-state index >= 15 is 0 Å². The SMILES string of the molecule is [c]1cnnc2c1COC2. The lowest BCUT2D eigenvalue weighted by Crippen LogP contribution is -1.89. The first-order valence-corrected chi connectivity index (χ1v) is 2.75. The van der Waals surface area contributed by atoms with Crippen molar-refractivity contribution in [1.82, 2.24) is 10.2 Å². The van der Waals surface area contributed by atoms with Crippen LogP contribution in [0.25, 0.3) is 0 Å². The van der Waals surface area contributed by atoms with Gasteiger partial charge in [0.1, 0.15) is 0 Å². The van der Waals surface area contributed by atoms with Crippen molar-refractivity contribution in [3.8, 4) is 0 Å². The molecule has 3 nitrogen and oxygen atoms in total. The van der Waals surface area contributed by atoms with Gasteiger partial charge < -0.3 is 4.74 Å². The Kier molecular flexibility index (Phi) is 0.960. The molecule has 0 amide bonds. The Hall–Kier alpha value is -0.960. The number of nitrogens with zero attached hydrogens (tertiary/aromatic N) is 2. The summed E-state index contributed by atoms with van der Waals surface area (Å²) in [7, 11) is 0. The van der Waals surface area contributed by atoms with E-state index in [1.807, 2.05) is 0 Å². The van der Waals surface area contributed by atoms with Gasteiger partial charge in [0.15, 0.2) is 0 Å². The molecule has 9 heavy (non-hydrogen) atoms. The molecule has 0 aromatic carbocycles. The Morgan fingerprint density at radius 2 is 2.56 bits per heavy atom. The quantitative estimate of drug-likeness (QED) is 0.495. The summed E-state index contributed by atoms with van der Waals surface area (Å²) >= 11 is 0. The lowest BCUT2D eigenvalue weighted by atomic mass is 10.3. The summed E-state index contributed by atoms with van der Waals surface area (Å²) in [5.74, 6) is 0. The third kappa shape index (κ3) is 0.695. The second-order valence-electron chi connectivity index (χ2n) is 1.91. The molecule has 0 spiro atoms. The first kappa shape index (κ1) is 4.88.